The largest absolute Gasteiger partial charge is 0.457 e. The Balaban J connectivity index is 1.71. The molecule has 1 amide bonds. The minimum atomic E-state index is -0.0858. The van der Waals surface area contributed by atoms with Crippen molar-refractivity contribution in [1.29, 1.82) is 0 Å². The summed E-state index contributed by atoms with van der Waals surface area (Å²) in [5.41, 5.74) is 4.63. The normalized spacial score (nSPS) is 12.1. The number of carbonyl (C=O) groups excluding carboxylic acids is 1. The van der Waals surface area contributed by atoms with E-state index in [1.54, 1.807) is 0 Å². The molecule has 1 atom stereocenters. The SMILES string of the molecule is CCc1cccc2c([C@@H](CC(=O)NCC(C)C)c3cccc(Oc4ccccc4)c3)c[nH]c12. The Morgan fingerprint density at radius 1 is 0.970 bits per heavy atom. The second-order valence-corrected chi connectivity index (χ2v) is 8.88. The molecule has 1 aromatic heterocycles. The summed E-state index contributed by atoms with van der Waals surface area (Å²) in [6.07, 6.45) is 3.40. The van der Waals surface area contributed by atoms with Gasteiger partial charge in [0.2, 0.25) is 5.91 Å². The predicted octanol–water partition coefficient (Wildman–Crippen LogP) is 6.82. The summed E-state index contributed by atoms with van der Waals surface area (Å²) < 4.78 is 6.09. The molecule has 0 aliphatic heterocycles. The maximum atomic E-state index is 12.9. The number of hydrogen-bond acceptors (Lipinski definition) is 2. The van der Waals surface area contributed by atoms with Crippen molar-refractivity contribution in [3.8, 4) is 11.5 Å². The van der Waals surface area contributed by atoms with Crippen LogP contribution in [0.1, 0.15) is 49.8 Å². The molecule has 0 aliphatic rings. The lowest BCUT2D eigenvalue weighted by Crippen LogP contribution is -2.28. The van der Waals surface area contributed by atoms with Crippen LogP contribution in [0.4, 0.5) is 0 Å². The number of aromatic nitrogens is 1. The van der Waals surface area contributed by atoms with E-state index in [1.165, 1.54) is 10.9 Å². The number of para-hydroxylation sites is 2. The molecule has 3 aromatic carbocycles. The van der Waals surface area contributed by atoms with Crippen molar-refractivity contribution in [2.24, 2.45) is 5.92 Å². The molecule has 2 N–H and O–H groups in total. The van der Waals surface area contributed by atoms with E-state index in [4.69, 9.17) is 4.74 Å². The van der Waals surface area contributed by atoms with Crippen molar-refractivity contribution in [3.05, 3.63) is 95.7 Å². The van der Waals surface area contributed by atoms with Gasteiger partial charge in [-0.3, -0.25) is 4.79 Å². The van der Waals surface area contributed by atoms with Crippen molar-refractivity contribution < 1.29 is 9.53 Å². The fraction of sp³-hybridized carbons (Fsp3) is 0.276. The van der Waals surface area contributed by atoms with Crippen LogP contribution in [0.5, 0.6) is 11.5 Å². The van der Waals surface area contributed by atoms with Crippen molar-refractivity contribution in [3.63, 3.8) is 0 Å². The topological polar surface area (TPSA) is 54.1 Å². The summed E-state index contributed by atoms with van der Waals surface area (Å²) >= 11 is 0. The van der Waals surface area contributed by atoms with Gasteiger partial charge in [-0.2, -0.15) is 0 Å². The lowest BCUT2D eigenvalue weighted by atomic mass is 9.87. The standard InChI is InChI=1S/C29H32N2O2/c1-4-21-10-9-15-25-27(19-31-29(21)25)26(17-28(32)30-18-20(2)3)22-11-8-14-24(16-22)33-23-12-6-5-7-13-23/h5-16,19-20,26,31H,4,17-18H2,1-3H3,(H,30,32)/t26-/m0/s1. The fourth-order valence-corrected chi connectivity index (χ4v) is 4.22. The summed E-state index contributed by atoms with van der Waals surface area (Å²) in [6, 6.07) is 24.2. The Morgan fingerprint density at radius 3 is 2.48 bits per heavy atom. The van der Waals surface area contributed by atoms with Gasteiger partial charge in [0.25, 0.3) is 0 Å². The van der Waals surface area contributed by atoms with Crippen LogP contribution in [0, 0.1) is 5.92 Å². The smallest absolute Gasteiger partial charge is 0.220 e. The molecule has 0 radical (unpaired) electrons. The molecule has 4 aromatic rings. The van der Waals surface area contributed by atoms with E-state index in [2.05, 4.69) is 67.6 Å². The van der Waals surface area contributed by atoms with E-state index < -0.39 is 0 Å². The molecular formula is C29H32N2O2. The van der Waals surface area contributed by atoms with Gasteiger partial charge in [-0.1, -0.05) is 69.3 Å². The van der Waals surface area contributed by atoms with Gasteiger partial charge in [-0.25, -0.2) is 0 Å². The lowest BCUT2D eigenvalue weighted by molar-refractivity contribution is -0.121. The fourth-order valence-electron chi connectivity index (χ4n) is 4.22. The van der Waals surface area contributed by atoms with Crippen molar-refractivity contribution in [1.82, 2.24) is 10.3 Å². The van der Waals surface area contributed by atoms with Gasteiger partial charge in [-0.15, -0.1) is 0 Å². The Kier molecular flexibility index (Phi) is 7.13. The molecule has 4 nitrogen and oxygen atoms in total. The highest BCUT2D eigenvalue weighted by Gasteiger charge is 2.22. The van der Waals surface area contributed by atoms with Gasteiger partial charge < -0.3 is 15.0 Å². The van der Waals surface area contributed by atoms with Gasteiger partial charge in [0.05, 0.1) is 0 Å². The number of nitrogens with one attached hydrogen (secondary N) is 2. The summed E-state index contributed by atoms with van der Waals surface area (Å²) in [6.45, 7) is 7.05. The van der Waals surface area contributed by atoms with Crippen LogP contribution >= 0.6 is 0 Å². The molecule has 0 saturated heterocycles. The number of ether oxygens (including phenoxy) is 1. The van der Waals surface area contributed by atoms with Crippen LogP contribution in [0.15, 0.2) is 79.0 Å². The van der Waals surface area contributed by atoms with Gasteiger partial charge in [-0.05, 0) is 53.3 Å². The number of benzene rings is 3. The first-order valence-electron chi connectivity index (χ1n) is 11.7. The van der Waals surface area contributed by atoms with E-state index in [9.17, 15) is 4.79 Å². The van der Waals surface area contributed by atoms with Gasteiger partial charge in [0.1, 0.15) is 11.5 Å². The molecule has 0 saturated carbocycles. The second-order valence-electron chi connectivity index (χ2n) is 8.88. The molecule has 4 rings (SSSR count). The highest BCUT2D eigenvalue weighted by atomic mass is 16.5. The van der Waals surface area contributed by atoms with Gasteiger partial charge in [0, 0.05) is 36.0 Å². The average Bonchev–Trinajstić information content (AvgIpc) is 3.26. The number of aromatic amines is 1. The quantitative estimate of drug-likeness (QED) is 0.300. The van der Waals surface area contributed by atoms with Crippen molar-refractivity contribution in [2.75, 3.05) is 6.54 Å². The summed E-state index contributed by atoms with van der Waals surface area (Å²) in [5, 5.41) is 4.26. The van der Waals surface area contributed by atoms with E-state index in [-0.39, 0.29) is 11.8 Å². The average molecular weight is 441 g/mol. The van der Waals surface area contributed by atoms with Gasteiger partial charge >= 0.3 is 0 Å². The number of H-pyrrole nitrogens is 1. The summed E-state index contributed by atoms with van der Waals surface area (Å²) in [7, 11) is 0. The number of rotatable bonds is 9. The molecular weight excluding hydrogens is 408 g/mol. The molecule has 170 valence electrons. The molecule has 0 aliphatic carbocycles. The Labute approximate surface area is 196 Å². The van der Waals surface area contributed by atoms with Crippen molar-refractivity contribution in [2.45, 2.75) is 39.5 Å². The highest BCUT2D eigenvalue weighted by molar-refractivity contribution is 5.88. The zero-order chi connectivity index (χ0) is 23.2. The molecule has 0 spiro atoms. The number of carbonyl (C=O) groups is 1. The summed E-state index contributed by atoms with van der Waals surface area (Å²) in [4.78, 5) is 16.4. The van der Waals surface area contributed by atoms with Crippen LogP contribution in [-0.2, 0) is 11.2 Å². The maximum Gasteiger partial charge on any atom is 0.220 e. The third-order valence-corrected chi connectivity index (χ3v) is 5.93. The van der Waals surface area contributed by atoms with E-state index in [1.807, 2.05) is 42.5 Å². The second kappa shape index (κ2) is 10.4. The monoisotopic (exact) mass is 440 g/mol. The molecule has 0 fully saturated rings. The predicted molar refractivity (Wildman–Crippen MR) is 135 cm³/mol. The molecule has 0 bridgehead atoms. The number of hydrogen-bond donors (Lipinski definition) is 2. The number of aryl methyl sites for hydroxylation is 1. The van der Waals surface area contributed by atoms with E-state index in [0.29, 0.717) is 18.9 Å². The molecule has 4 heteroatoms. The third kappa shape index (κ3) is 5.46. The van der Waals surface area contributed by atoms with Crippen LogP contribution in [0.25, 0.3) is 10.9 Å². The van der Waals surface area contributed by atoms with Crippen LogP contribution in [0.2, 0.25) is 0 Å². The Morgan fingerprint density at radius 2 is 1.73 bits per heavy atom. The Bertz CT molecular complexity index is 1210. The zero-order valence-electron chi connectivity index (χ0n) is 19.6. The third-order valence-electron chi connectivity index (χ3n) is 5.93. The first-order chi connectivity index (χ1) is 16.0. The molecule has 0 unspecified atom stereocenters. The molecule has 1 heterocycles. The van der Waals surface area contributed by atoms with E-state index >= 15 is 0 Å². The minimum absolute atomic E-state index is 0.0593. The first kappa shape index (κ1) is 22.7. The Hall–Kier alpha value is -3.53. The first-order valence-corrected chi connectivity index (χ1v) is 11.7. The van der Waals surface area contributed by atoms with E-state index in [0.717, 1.165) is 34.6 Å². The van der Waals surface area contributed by atoms with Crippen LogP contribution < -0.4 is 10.1 Å². The minimum Gasteiger partial charge on any atom is -0.457 e. The molecule has 33 heavy (non-hydrogen) atoms. The van der Waals surface area contributed by atoms with Crippen LogP contribution in [0.3, 0.4) is 0 Å². The zero-order valence-corrected chi connectivity index (χ0v) is 19.6. The maximum absolute atomic E-state index is 12.9. The summed E-state index contributed by atoms with van der Waals surface area (Å²) in [5.74, 6) is 1.94. The number of amides is 1. The van der Waals surface area contributed by atoms with Gasteiger partial charge in [0.15, 0.2) is 0 Å². The highest BCUT2D eigenvalue weighted by Crippen LogP contribution is 2.36. The number of fused-ring (bicyclic) bond motifs is 1. The lowest BCUT2D eigenvalue weighted by Gasteiger charge is -2.19. The van der Waals surface area contributed by atoms with Crippen molar-refractivity contribution >= 4 is 16.8 Å². The van der Waals surface area contributed by atoms with Crippen LogP contribution in [-0.4, -0.2) is 17.4 Å².